The summed E-state index contributed by atoms with van der Waals surface area (Å²) in [6, 6.07) is 9.52. The van der Waals surface area contributed by atoms with Crippen molar-refractivity contribution in [2.45, 2.75) is 6.54 Å². The first-order valence-electron chi connectivity index (χ1n) is 5.73. The van der Waals surface area contributed by atoms with Crippen LogP contribution in [0.25, 0.3) is 0 Å². The first kappa shape index (κ1) is 13.2. The molecule has 0 radical (unpaired) electrons. The Morgan fingerprint density at radius 2 is 1.95 bits per heavy atom. The number of rotatable bonds is 4. The van der Waals surface area contributed by atoms with Crippen molar-refractivity contribution in [3.05, 3.63) is 48.3 Å². The van der Waals surface area contributed by atoms with Crippen LogP contribution in [0.5, 0.6) is 5.75 Å². The molecule has 0 fully saturated rings. The van der Waals surface area contributed by atoms with Gasteiger partial charge in [0.05, 0.1) is 7.11 Å². The van der Waals surface area contributed by atoms with Gasteiger partial charge in [-0.3, -0.25) is 0 Å². The van der Waals surface area contributed by atoms with Gasteiger partial charge in [0.2, 0.25) is 5.95 Å². The molecule has 19 heavy (non-hydrogen) atoms. The van der Waals surface area contributed by atoms with Gasteiger partial charge >= 0.3 is 0 Å². The summed E-state index contributed by atoms with van der Waals surface area (Å²) in [5.74, 6) is 1.30. The monoisotopic (exact) mass is 274 g/mol. The van der Waals surface area contributed by atoms with E-state index in [2.05, 4.69) is 20.6 Å². The Bertz CT molecular complexity index is 547. The van der Waals surface area contributed by atoms with Gasteiger partial charge in [-0.2, -0.15) is 0 Å². The number of anilines is 1. The molecule has 0 aliphatic heterocycles. The SMILES string of the molecule is COc1ccccc1CNC(=S)Nc1ncccn1. The van der Waals surface area contributed by atoms with Crippen LogP contribution in [0.4, 0.5) is 5.95 Å². The predicted molar refractivity (Wildman–Crippen MR) is 78.1 cm³/mol. The molecular weight excluding hydrogens is 260 g/mol. The zero-order chi connectivity index (χ0) is 13.5. The number of hydrogen-bond donors (Lipinski definition) is 2. The van der Waals surface area contributed by atoms with Crippen LogP contribution in [-0.2, 0) is 6.54 Å². The van der Waals surface area contributed by atoms with Crippen molar-refractivity contribution in [1.29, 1.82) is 0 Å². The molecule has 2 N–H and O–H groups in total. The van der Waals surface area contributed by atoms with Gasteiger partial charge < -0.3 is 15.4 Å². The van der Waals surface area contributed by atoms with Crippen molar-refractivity contribution in [2.75, 3.05) is 12.4 Å². The molecule has 2 rings (SSSR count). The molecule has 0 saturated carbocycles. The van der Waals surface area contributed by atoms with E-state index in [0.717, 1.165) is 11.3 Å². The smallest absolute Gasteiger partial charge is 0.228 e. The van der Waals surface area contributed by atoms with Crippen molar-refractivity contribution in [3.8, 4) is 5.75 Å². The van der Waals surface area contributed by atoms with Crippen molar-refractivity contribution in [3.63, 3.8) is 0 Å². The van der Waals surface area contributed by atoms with Gasteiger partial charge in [-0.1, -0.05) is 18.2 Å². The van der Waals surface area contributed by atoms with Gasteiger partial charge in [0.25, 0.3) is 0 Å². The molecular formula is C13H14N4OS. The van der Waals surface area contributed by atoms with E-state index < -0.39 is 0 Å². The molecule has 0 atom stereocenters. The Labute approximate surface area is 117 Å². The third kappa shape index (κ3) is 3.89. The van der Waals surface area contributed by atoms with Gasteiger partial charge in [-0.05, 0) is 24.4 Å². The number of thiocarbonyl (C=S) groups is 1. The van der Waals surface area contributed by atoms with Crippen LogP contribution in [0.2, 0.25) is 0 Å². The number of nitrogens with one attached hydrogen (secondary N) is 2. The highest BCUT2D eigenvalue weighted by Gasteiger charge is 2.03. The largest absolute Gasteiger partial charge is 0.496 e. The van der Waals surface area contributed by atoms with Crippen molar-refractivity contribution in [1.82, 2.24) is 15.3 Å². The summed E-state index contributed by atoms with van der Waals surface area (Å²) in [5.41, 5.74) is 1.03. The molecule has 0 bridgehead atoms. The summed E-state index contributed by atoms with van der Waals surface area (Å²) in [7, 11) is 1.65. The third-order valence-electron chi connectivity index (χ3n) is 2.42. The lowest BCUT2D eigenvalue weighted by Crippen LogP contribution is -2.28. The maximum absolute atomic E-state index is 5.27. The Morgan fingerprint density at radius 1 is 1.21 bits per heavy atom. The van der Waals surface area contributed by atoms with Crippen LogP contribution in [0.15, 0.2) is 42.7 Å². The molecule has 0 aliphatic carbocycles. The van der Waals surface area contributed by atoms with E-state index >= 15 is 0 Å². The Morgan fingerprint density at radius 3 is 2.68 bits per heavy atom. The highest BCUT2D eigenvalue weighted by Crippen LogP contribution is 2.16. The minimum absolute atomic E-state index is 0.470. The van der Waals surface area contributed by atoms with Crippen molar-refractivity contribution >= 4 is 23.3 Å². The second kappa shape index (κ2) is 6.65. The Hall–Kier alpha value is -2.21. The number of ether oxygens (including phenoxy) is 1. The van der Waals surface area contributed by atoms with E-state index in [9.17, 15) is 0 Å². The lowest BCUT2D eigenvalue weighted by molar-refractivity contribution is 0.409. The summed E-state index contributed by atoms with van der Waals surface area (Å²) in [5, 5.41) is 6.46. The standard InChI is InChI=1S/C13H14N4OS/c1-18-11-6-3-2-5-10(11)9-16-13(19)17-12-14-7-4-8-15-12/h2-8H,9H2,1H3,(H2,14,15,16,17,19). The van der Waals surface area contributed by atoms with Gasteiger partial charge in [-0.15, -0.1) is 0 Å². The van der Waals surface area contributed by atoms with Crippen LogP contribution in [-0.4, -0.2) is 22.2 Å². The second-order valence-electron chi connectivity index (χ2n) is 3.69. The Balaban J connectivity index is 1.90. The zero-order valence-electron chi connectivity index (χ0n) is 10.5. The van der Waals surface area contributed by atoms with Crippen molar-refractivity contribution in [2.24, 2.45) is 0 Å². The van der Waals surface area contributed by atoms with E-state index in [1.807, 2.05) is 24.3 Å². The fourth-order valence-electron chi connectivity index (χ4n) is 1.53. The van der Waals surface area contributed by atoms with E-state index in [4.69, 9.17) is 17.0 Å². The molecule has 0 aliphatic rings. The van der Waals surface area contributed by atoms with Gasteiger partial charge in [-0.25, -0.2) is 9.97 Å². The summed E-state index contributed by atoms with van der Waals surface area (Å²) < 4.78 is 5.27. The molecule has 1 aromatic carbocycles. The Kier molecular flexibility index (Phi) is 4.63. The topological polar surface area (TPSA) is 59.1 Å². The first-order chi connectivity index (χ1) is 9.29. The summed E-state index contributed by atoms with van der Waals surface area (Å²) in [4.78, 5) is 8.07. The van der Waals surface area contributed by atoms with Crippen LogP contribution < -0.4 is 15.4 Å². The summed E-state index contributed by atoms with van der Waals surface area (Å²) in [6.45, 7) is 0.572. The van der Waals surface area contributed by atoms with Gasteiger partial charge in [0.1, 0.15) is 5.75 Å². The maximum atomic E-state index is 5.27. The van der Waals surface area contributed by atoms with Crippen LogP contribution >= 0.6 is 12.2 Å². The number of nitrogens with zero attached hydrogens (tertiary/aromatic N) is 2. The molecule has 2 aromatic rings. The number of benzene rings is 1. The van der Waals surface area contributed by atoms with Gasteiger partial charge in [0, 0.05) is 24.5 Å². The minimum atomic E-state index is 0.470. The summed E-state index contributed by atoms with van der Waals surface area (Å²) >= 11 is 5.17. The molecule has 0 unspecified atom stereocenters. The molecule has 0 saturated heterocycles. The quantitative estimate of drug-likeness (QED) is 0.831. The normalized spacial score (nSPS) is 9.74. The predicted octanol–water partition coefficient (Wildman–Crippen LogP) is 1.97. The lowest BCUT2D eigenvalue weighted by Gasteiger charge is -2.11. The molecule has 0 spiro atoms. The fraction of sp³-hybridized carbons (Fsp3) is 0.154. The molecule has 6 heteroatoms. The average molecular weight is 274 g/mol. The number of methoxy groups -OCH3 is 1. The average Bonchev–Trinajstić information content (AvgIpc) is 2.46. The minimum Gasteiger partial charge on any atom is -0.496 e. The number of para-hydroxylation sites is 1. The highest BCUT2D eigenvalue weighted by atomic mass is 32.1. The number of aromatic nitrogens is 2. The van der Waals surface area contributed by atoms with E-state index in [-0.39, 0.29) is 0 Å². The lowest BCUT2D eigenvalue weighted by atomic mass is 10.2. The maximum Gasteiger partial charge on any atom is 0.228 e. The van der Waals surface area contributed by atoms with Crippen LogP contribution in [0.1, 0.15) is 5.56 Å². The molecule has 0 amide bonds. The molecule has 5 nitrogen and oxygen atoms in total. The first-order valence-corrected chi connectivity index (χ1v) is 6.14. The number of hydrogen-bond acceptors (Lipinski definition) is 4. The third-order valence-corrected chi connectivity index (χ3v) is 2.67. The van der Waals surface area contributed by atoms with Crippen molar-refractivity contribution < 1.29 is 4.74 Å². The summed E-state index contributed by atoms with van der Waals surface area (Å²) in [6.07, 6.45) is 3.30. The van der Waals surface area contributed by atoms with Crippen LogP contribution in [0.3, 0.4) is 0 Å². The molecule has 1 aromatic heterocycles. The second-order valence-corrected chi connectivity index (χ2v) is 4.10. The van der Waals surface area contributed by atoms with Gasteiger partial charge in [0.15, 0.2) is 5.11 Å². The highest BCUT2D eigenvalue weighted by molar-refractivity contribution is 7.80. The zero-order valence-corrected chi connectivity index (χ0v) is 11.3. The van der Waals surface area contributed by atoms with E-state index in [0.29, 0.717) is 17.6 Å². The van der Waals surface area contributed by atoms with E-state index in [1.165, 1.54) is 0 Å². The molecule has 1 heterocycles. The van der Waals surface area contributed by atoms with Crippen LogP contribution in [0, 0.1) is 0 Å². The molecule has 98 valence electrons. The van der Waals surface area contributed by atoms with E-state index in [1.54, 1.807) is 25.6 Å². The fourth-order valence-corrected chi connectivity index (χ4v) is 1.70.